The van der Waals surface area contributed by atoms with Gasteiger partial charge in [0.15, 0.2) is 0 Å². The van der Waals surface area contributed by atoms with Crippen LogP contribution in [-0.4, -0.2) is 37.9 Å². The van der Waals surface area contributed by atoms with Crippen LogP contribution in [0.1, 0.15) is 52.9 Å². The van der Waals surface area contributed by atoms with Gasteiger partial charge in [0.25, 0.3) is 10.2 Å². The van der Waals surface area contributed by atoms with Crippen LogP contribution in [-0.2, 0) is 10.2 Å². The Kier molecular flexibility index (Phi) is 6.73. The zero-order valence-corrected chi connectivity index (χ0v) is 13.2. The number of hydrogen-bond donors (Lipinski definition) is 2. The van der Waals surface area contributed by atoms with Gasteiger partial charge in [-0.3, -0.25) is 0 Å². The molecule has 114 valence electrons. The van der Waals surface area contributed by atoms with Gasteiger partial charge < -0.3 is 5.73 Å². The Morgan fingerprint density at radius 2 is 1.95 bits per heavy atom. The highest BCUT2D eigenvalue weighted by Gasteiger charge is 2.29. The Bertz CT molecular complexity index is 355. The van der Waals surface area contributed by atoms with E-state index in [1.54, 1.807) is 4.31 Å². The number of piperidine rings is 1. The van der Waals surface area contributed by atoms with Crippen molar-refractivity contribution < 1.29 is 8.42 Å². The van der Waals surface area contributed by atoms with E-state index in [0.717, 1.165) is 32.1 Å². The molecule has 1 aliphatic heterocycles. The van der Waals surface area contributed by atoms with E-state index in [9.17, 15) is 8.42 Å². The Hall–Kier alpha value is -0.170. The average molecular weight is 291 g/mol. The molecule has 2 unspecified atom stereocenters. The van der Waals surface area contributed by atoms with Gasteiger partial charge in [-0.2, -0.15) is 12.7 Å². The maximum Gasteiger partial charge on any atom is 0.279 e. The zero-order chi connectivity index (χ0) is 14.5. The first-order valence-electron chi connectivity index (χ1n) is 7.44. The Morgan fingerprint density at radius 3 is 2.47 bits per heavy atom. The maximum atomic E-state index is 12.3. The molecule has 19 heavy (non-hydrogen) atoms. The fourth-order valence-corrected chi connectivity index (χ4v) is 4.29. The lowest BCUT2D eigenvalue weighted by molar-refractivity contribution is 0.264. The van der Waals surface area contributed by atoms with E-state index in [4.69, 9.17) is 5.73 Å². The fraction of sp³-hybridized carbons (Fsp3) is 1.00. The summed E-state index contributed by atoms with van der Waals surface area (Å²) in [6.07, 6.45) is 4.98. The number of nitrogens with one attached hydrogen (secondary N) is 1. The van der Waals surface area contributed by atoms with Crippen molar-refractivity contribution in [1.29, 1.82) is 0 Å². The van der Waals surface area contributed by atoms with Crippen molar-refractivity contribution in [2.75, 3.05) is 13.1 Å². The summed E-state index contributed by atoms with van der Waals surface area (Å²) in [5.74, 6) is 0.376. The largest absolute Gasteiger partial charge is 0.326 e. The Balaban J connectivity index is 2.55. The number of nitrogens with zero attached hydrogens (tertiary/aromatic N) is 1. The van der Waals surface area contributed by atoms with E-state index < -0.39 is 10.2 Å². The molecule has 0 aliphatic carbocycles. The lowest BCUT2D eigenvalue weighted by Gasteiger charge is -2.33. The molecule has 3 N–H and O–H groups in total. The van der Waals surface area contributed by atoms with Crippen molar-refractivity contribution in [3.05, 3.63) is 0 Å². The third kappa shape index (κ3) is 4.70. The van der Waals surface area contributed by atoms with Crippen LogP contribution < -0.4 is 10.5 Å². The molecular formula is C13H29N3O2S. The molecule has 1 saturated heterocycles. The summed E-state index contributed by atoms with van der Waals surface area (Å²) in [5.41, 5.74) is 6.06. The van der Waals surface area contributed by atoms with E-state index in [0.29, 0.717) is 19.0 Å². The predicted octanol–water partition coefficient (Wildman–Crippen LogP) is 1.46. The lowest BCUT2D eigenvalue weighted by Crippen LogP contribution is -2.51. The van der Waals surface area contributed by atoms with Crippen LogP contribution in [0.2, 0.25) is 0 Å². The molecule has 1 rings (SSSR count). The third-order valence-electron chi connectivity index (χ3n) is 4.21. The summed E-state index contributed by atoms with van der Waals surface area (Å²) in [7, 11) is -3.37. The molecule has 0 radical (unpaired) electrons. The highest BCUT2D eigenvalue weighted by molar-refractivity contribution is 7.87. The van der Waals surface area contributed by atoms with Gasteiger partial charge >= 0.3 is 0 Å². The molecule has 0 aromatic rings. The van der Waals surface area contributed by atoms with Crippen molar-refractivity contribution in [3.63, 3.8) is 0 Å². The van der Waals surface area contributed by atoms with Crippen LogP contribution >= 0.6 is 0 Å². The molecule has 0 aromatic heterocycles. The van der Waals surface area contributed by atoms with Gasteiger partial charge in [-0.25, -0.2) is 4.72 Å². The van der Waals surface area contributed by atoms with Crippen molar-refractivity contribution in [3.8, 4) is 0 Å². The molecule has 2 atom stereocenters. The average Bonchev–Trinajstić information content (AvgIpc) is 2.38. The van der Waals surface area contributed by atoms with Crippen LogP contribution in [0.5, 0.6) is 0 Å². The van der Waals surface area contributed by atoms with E-state index in [1.807, 2.05) is 6.92 Å². The quantitative estimate of drug-likeness (QED) is 0.745. The maximum absolute atomic E-state index is 12.3. The highest BCUT2D eigenvalue weighted by atomic mass is 32.2. The molecular weight excluding hydrogens is 262 g/mol. The van der Waals surface area contributed by atoms with Crippen LogP contribution in [0.4, 0.5) is 0 Å². The van der Waals surface area contributed by atoms with Gasteiger partial charge in [0.1, 0.15) is 0 Å². The van der Waals surface area contributed by atoms with Crippen molar-refractivity contribution >= 4 is 10.2 Å². The number of hydrogen-bond acceptors (Lipinski definition) is 3. The van der Waals surface area contributed by atoms with Crippen LogP contribution in [0.15, 0.2) is 0 Å². The zero-order valence-electron chi connectivity index (χ0n) is 12.4. The van der Waals surface area contributed by atoms with Gasteiger partial charge in [0.05, 0.1) is 0 Å². The highest BCUT2D eigenvalue weighted by Crippen LogP contribution is 2.19. The molecule has 1 heterocycles. The molecule has 1 fully saturated rings. The van der Waals surface area contributed by atoms with Gasteiger partial charge in [-0.1, -0.05) is 33.1 Å². The number of nitrogens with two attached hydrogens (primary N) is 1. The van der Waals surface area contributed by atoms with Gasteiger partial charge in [0, 0.05) is 25.2 Å². The minimum absolute atomic E-state index is 0.0932. The smallest absolute Gasteiger partial charge is 0.279 e. The lowest BCUT2D eigenvalue weighted by atomic mass is 9.95. The monoisotopic (exact) mass is 291 g/mol. The van der Waals surface area contributed by atoms with Crippen LogP contribution in [0.25, 0.3) is 0 Å². The topological polar surface area (TPSA) is 75.4 Å². The Morgan fingerprint density at radius 1 is 1.32 bits per heavy atom. The van der Waals surface area contributed by atoms with Crippen molar-refractivity contribution in [1.82, 2.24) is 9.03 Å². The molecule has 1 aliphatic rings. The summed E-state index contributed by atoms with van der Waals surface area (Å²) in [6, 6.07) is -0.0134. The fourth-order valence-electron chi connectivity index (χ4n) is 2.77. The first-order valence-corrected chi connectivity index (χ1v) is 8.88. The second-order valence-electron chi connectivity index (χ2n) is 5.55. The summed E-state index contributed by atoms with van der Waals surface area (Å²) < 4.78 is 28.8. The minimum atomic E-state index is -3.37. The molecule has 5 nitrogen and oxygen atoms in total. The SMILES string of the molecule is CCC(CC)C(N)CNS(=O)(=O)N1CCCCC1C. The predicted molar refractivity (Wildman–Crippen MR) is 79.0 cm³/mol. The summed E-state index contributed by atoms with van der Waals surface area (Å²) in [6.45, 7) is 7.11. The molecule has 6 heteroatoms. The van der Waals surface area contributed by atoms with E-state index in [2.05, 4.69) is 18.6 Å². The van der Waals surface area contributed by atoms with E-state index >= 15 is 0 Å². The molecule has 0 saturated carbocycles. The standard InChI is InChI=1S/C13H29N3O2S/c1-4-12(5-2)13(14)10-15-19(17,18)16-9-7-6-8-11(16)3/h11-13,15H,4-10,14H2,1-3H3. The second kappa shape index (κ2) is 7.57. The Labute approximate surface area is 118 Å². The molecule has 0 aromatic carbocycles. The van der Waals surface area contributed by atoms with Gasteiger partial charge in [0.2, 0.25) is 0 Å². The van der Waals surface area contributed by atoms with Crippen LogP contribution in [0.3, 0.4) is 0 Å². The normalized spacial score (nSPS) is 23.7. The third-order valence-corrected chi connectivity index (χ3v) is 5.90. The van der Waals surface area contributed by atoms with Crippen molar-refractivity contribution in [2.24, 2.45) is 11.7 Å². The number of rotatable bonds is 7. The minimum Gasteiger partial charge on any atom is -0.326 e. The van der Waals surface area contributed by atoms with E-state index in [1.165, 1.54) is 0 Å². The first kappa shape index (κ1) is 16.9. The summed E-state index contributed by atoms with van der Waals surface area (Å²) >= 11 is 0. The van der Waals surface area contributed by atoms with Gasteiger partial charge in [-0.15, -0.1) is 0 Å². The van der Waals surface area contributed by atoms with Crippen molar-refractivity contribution in [2.45, 2.75) is 65.0 Å². The second-order valence-corrected chi connectivity index (χ2v) is 7.26. The molecule has 0 spiro atoms. The summed E-state index contributed by atoms with van der Waals surface area (Å²) in [5, 5.41) is 0. The summed E-state index contributed by atoms with van der Waals surface area (Å²) in [4.78, 5) is 0. The van der Waals surface area contributed by atoms with Crippen LogP contribution in [0, 0.1) is 5.92 Å². The first-order chi connectivity index (χ1) is 8.92. The molecule has 0 amide bonds. The van der Waals surface area contributed by atoms with E-state index in [-0.39, 0.29) is 12.1 Å². The van der Waals surface area contributed by atoms with Gasteiger partial charge in [-0.05, 0) is 25.7 Å². The molecule has 0 bridgehead atoms.